The van der Waals surface area contributed by atoms with Crippen LogP contribution < -0.4 is 0 Å². The molecule has 2 heteroatoms. The van der Waals surface area contributed by atoms with Crippen LogP contribution in [0.1, 0.15) is 46.0 Å². The maximum atomic E-state index is 6.10. The Bertz CT molecular complexity index is 179. The summed E-state index contributed by atoms with van der Waals surface area (Å²) in [6.45, 7) is 4.41. The fourth-order valence-electron chi connectivity index (χ4n) is 1.80. The molecule has 0 saturated heterocycles. The molecule has 0 aromatic carbocycles. The maximum absolute atomic E-state index is 6.10. The van der Waals surface area contributed by atoms with Crippen LogP contribution in [-0.4, -0.2) is 17.0 Å². The van der Waals surface area contributed by atoms with E-state index in [0.29, 0.717) is 17.0 Å². The van der Waals surface area contributed by atoms with Gasteiger partial charge < -0.3 is 4.74 Å². The van der Waals surface area contributed by atoms with Crippen LogP contribution in [0.4, 0.5) is 0 Å². The molecule has 0 fully saturated rings. The summed E-state index contributed by atoms with van der Waals surface area (Å²) in [5.74, 6) is 0. The molecular formula is C12H21BrO. The van der Waals surface area contributed by atoms with Gasteiger partial charge >= 0.3 is 0 Å². The molecule has 0 aromatic rings. The topological polar surface area (TPSA) is 9.23 Å². The predicted octanol–water partition coefficient (Wildman–Crippen LogP) is 4.06. The quantitative estimate of drug-likeness (QED) is 0.549. The molecule has 0 aliphatic carbocycles. The van der Waals surface area contributed by atoms with Crippen LogP contribution in [-0.2, 0) is 4.74 Å². The van der Waals surface area contributed by atoms with Crippen LogP contribution in [0, 0.1) is 0 Å². The summed E-state index contributed by atoms with van der Waals surface area (Å²) >= 11 is 3.70. The molecule has 82 valence electrons. The lowest BCUT2D eigenvalue weighted by atomic mass is 10.1. The summed E-state index contributed by atoms with van der Waals surface area (Å²) in [7, 11) is 0. The second-order valence-corrected chi connectivity index (χ2v) is 5.09. The lowest BCUT2D eigenvalue weighted by Crippen LogP contribution is -2.29. The van der Waals surface area contributed by atoms with Crippen LogP contribution in [0.5, 0.6) is 0 Å². The summed E-state index contributed by atoms with van der Waals surface area (Å²) in [4.78, 5) is 0.499. The Labute approximate surface area is 96.0 Å². The Morgan fingerprint density at radius 2 is 2.21 bits per heavy atom. The number of hydrogen-bond acceptors (Lipinski definition) is 1. The van der Waals surface area contributed by atoms with Crippen molar-refractivity contribution >= 4 is 15.9 Å². The number of rotatable bonds is 3. The Hall–Kier alpha value is 0.180. The number of halogens is 1. The van der Waals surface area contributed by atoms with Crippen LogP contribution >= 0.6 is 15.9 Å². The first-order chi connectivity index (χ1) is 6.77. The van der Waals surface area contributed by atoms with Crippen LogP contribution in [0.25, 0.3) is 0 Å². The van der Waals surface area contributed by atoms with E-state index in [-0.39, 0.29) is 0 Å². The molecule has 0 amide bonds. The molecule has 0 spiro atoms. The first-order valence-electron chi connectivity index (χ1n) is 5.72. The fourth-order valence-corrected chi connectivity index (χ4v) is 2.14. The molecule has 1 aliphatic rings. The Balaban J connectivity index is 2.54. The van der Waals surface area contributed by atoms with Gasteiger partial charge in [0.05, 0.1) is 12.2 Å². The minimum Gasteiger partial charge on any atom is -0.374 e. The van der Waals surface area contributed by atoms with Gasteiger partial charge in [-0.25, -0.2) is 0 Å². The molecule has 0 saturated carbocycles. The Morgan fingerprint density at radius 1 is 1.43 bits per heavy atom. The van der Waals surface area contributed by atoms with Crippen LogP contribution in [0.15, 0.2) is 12.2 Å². The third kappa shape index (κ3) is 3.74. The number of hydrogen-bond donors (Lipinski definition) is 0. The molecule has 1 nitrogen and oxygen atoms in total. The molecule has 14 heavy (non-hydrogen) atoms. The molecule has 0 N–H and O–H groups in total. The minimum absolute atomic E-state index is 0.362. The first-order valence-corrected chi connectivity index (χ1v) is 6.64. The van der Waals surface area contributed by atoms with Gasteiger partial charge in [-0.3, -0.25) is 0 Å². The van der Waals surface area contributed by atoms with Crippen LogP contribution in [0.3, 0.4) is 0 Å². The molecule has 0 bridgehead atoms. The van der Waals surface area contributed by atoms with E-state index >= 15 is 0 Å². The number of allylic oxidation sites excluding steroid dienone is 1. The van der Waals surface area contributed by atoms with Gasteiger partial charge in [0, 0.05) is 4.83 Å². The van der Waals surface area contributed by atoms with E-state index in [0.717, 1.165) is 19.3 Å². The molecule has 1 unspecified atom stereocenters. The van der Waals surface area contributed by atoms with Crippen molar-refractivity contribution in [3.05, 3.63) is 12.2 Å². The average molecular weight is 261 g/mol. The fraction of sp³-hybridized carbons (Fsp3) is 0.833. The molecule has 1 aliphatic heterocycles. The highest BCUT2D eigenvalue weighted by atomic mass is 79.9. The molecule has 0 radical (unpaired) electrons. The summed E-state index contributed by atoms with van der Waals surface area (Å²) in [5, 5.41) is 0. The summed E-state index contributed by atoms with van der Waals surface area (Å²) < 4.78 is 6.10. The van der Waals surface area contributed by atoms with E-state index < -0.39 is 0 Å². The van der Waals surface area contributed by atoms with Crippen molar-refractivity contribution in [3.8, 4) is 0 Å². The molecular weight excluding hydrogens is 240 g/mol. The zero-order valence-corrected chi connectivity index (χ0v) is 10.8. The van der Waals surface area contributed by atoms with Crippen molar-refractivity contribution in [2.45, 2.75) is 63.0 Å². The predicted molar refractivity (Wildman–Crippen MR) is 64.9 cm³/mol. The zero-order valence-electron chi connectivity index (χ0n) is 9.21. The highest BCUT2D eigenvalue weighted by Gasteiger charge is 2.21. The average Bonchev–Trinajstić information content (AvgIpc) is 2.17. The van der Waals surface area contributed by atoms with E-state index in [4.69, 9.17) is 4.74 Å². The second-order valence-electron chi connectivity index (χ2n) is 3.91. The van der Waals surface area contributed by atoms with Gasteiger partial charge in [-0.15, -0.1) is 0 Å². The normalized spacial score (nSPS) is 33.1. The maximum Gasteiger partial charge on any atom is 0.0738 e. The van der Waals surface area contributed by atoms with Crippen molar-refractivity contribution < 1.29 is 4.74 Å². The molecule has 0 aromatic heterocycles. The van der Waals surface area contributed by atoms with Crippen molar-refractivity contribution in [1.29, 1.82) is 0 Å². The Kier molecular flexibility index (Phi) is 5.80. The van der Waals surface area contributed by atoms with Crippen molar-refractivity contribution in [1.82, 2.24) is 0 Å². The van der Waals surface area contributed by atoms with Crippen LogP contribution in [0.2, 0.25) is 0 Å². The van der Waals surface area contributed by atoms with Crippen molar-refractivity contribution in [2.24, 2.45) is 0 Å². The van der Waals surface area contributed by atoms with Crippen molar-refractivity contribution in [3.63, 3.8) is 0 Å². The minimum atomic E-state index is 0.362. The first kappa shape index (κ1) is 12.3. The third-order valence-corrected chi connectivity index (χ3v) is 4.04. The molecule has 1 rings (SSSR count). The molecule has 3 atom stereocenters. The largest absolute Gasteiger partial charge is 0.374 e. The smallest absolute Gasteiger partial charge is 0.0738 e. The standard InChI is InChI=1S/C12H21BrO/c1-3-10-8-6-5-7-9-12(14-10)11(13)4-2/h5,7,10-12H,3-4,6,8-9H2,1-2H3/b7-5-/t10-,11?,12+/m0/s1. The van der Waals surface area contributed by atoms with E-state index in [1.54, 1.807) is 0 Å². The summed E-state index contributed by atoms with van der Waals surface area (Å²) in [6.07, 6.45) is 11.0. The van der Waals surface area contributed by atoms with Gasteiger partial charge in [-0.2, -0.15) is 0 Å². The lowest BCUT2D eigenvalue weighted by Gasteiger charge is -2.27. The zero-order chi connectivity index (χ0) is 10.4. The highest BCUT2D eigenvalue weighted by Crippen LogP contribution is 2.23. The van der Waals surface area contributed by atoms with Gasteiger partial charge in [-0.05, 0) is 32.1 Å². The highest BCUT2D eigenvalue weighted by molar-refractivity contribution is 9.09. The number of ether oxygens (including phenoxy) is 1. The van der Waals surface area contributed by atoms with Gasteiger partial charge in [0.1, 0.15) is 0 Å². The van der Waals surface area contributed by atoms with E-state index in [2.05, 4.69) is 41.9 Å². The van der Waals surface area contributed by atoms with E-state index in [1.165, 1.54) is 12.8 Å². The van der Waals surface area contributed by atoms with Gasteiger partial charge in [0.15, 0.2) is 0 Å². The van der Waals surface area contributed by atoms with E-state index in [1.807, 2.05) is 0 Å². The summed E-state index contributed by atoms with van der Waals surface area (Å²) in [6, 6.07) is 0. The molecule has 1 heterocycles. The third-order valence-electron chi connectivity index (χ3n) is 2.81. The van der Waals surface area contributed by atoms with Gasteiger partial charge in [-0.1, -0.05) is 41.9 Å². The SMILES string of the molecule is CCC(Br)[C@H]1C/C=C\CC[C@H](CC)O1. The van der Waals surface area contributed by atoms with E-state index in [9.17, 15) is 0 Å². The summed E-state index contributed by atoms with van der Waals surface area (Å²) in [5.41, 5.74) is 0. The van der Waals surface area contributed by atoms with Crippen molar-refractivity contribution in [2.75, 3.05) is 0 Å². The lowest BCUT2D eigenvalue weighted by molar-refractivity contribution is -0.0178. The van der Waals surface area contributed by atoms with Gasteiger partial charge in [0.2, 0.25) is 0 Å². The van der Waals surface area contributed by atoms with Gasteiger partial charge in [0.25, 0.3) is 0 Å². The second kappa shape index (κ2) is 6.62. The number of alkyl halides is 1. The monoisotopic (exact) mass is 260 g/mol. The Morgan fingerprint density at radius 3 is 2.86 bits per heavy atom.